The molecule has 0 aliphatic heterocycles. The van der Waals surface area contributed by atoms with Gasteiger partial charge in [-0.2, -0.15) is 0 Å². The molecule has 4 rings (SSSR count). The van der Waals surface area contributed by atoms with Gasteiger partial charge in [-0.05, 0) is 36.8 Å². The molecule has 0 radical (unpaired) electrons. The number of amides is 1. The van der Waals surface area contributed by atoms with Crippen molar-refractivity contribution in [2.75, 3.05) is 5.32 Å². The molecule has 4 aromatic rings. The number of hydrogen-bond acceptors (Lipinski definition) is 5. The summed E-state index contributed by atoms with van der Waals surface area (Å²) in [5, 5.41) is 12.2. The molecule has 0 aliphatic rings. The van der Waals surface area contributed by atoms with Crippen molar-refractivity contribution in [3.05, 3.63) is 76.1 Å². The summed E-state index contributed by atoms with van der Waals surface area (Å²) >= 11 is 1.38. The van der Waals surface area contributed by atoms with Gasteiger partial charge < -0.3 is 5.32 Å². The average Bonchev–Trinajstić information content (AvgIpc) is 3.24. The van der Waals surface area contributed by atoms with Crippen molar-refractivity contribution in [3.63, 3.8) is 0 Å². The predicted octanol–water partition coefficient (Wildman–Crippen LogP) is 3.34. The van der Waals surface area contributed by atoms with E-state index >= 15 is 0 Å². The van der Waals surface area contributed by atoms with Crippen molar-refractivity contribution in [1.82, 2.24) is 19.6 Å². The smallest absolute Gasteiger partial charge is 0.267 e. The number of nitrogens with zero attached hydrogens (tertiary/aromatic N) is 4. The highest BCUT2D eigenvalue weighted by atomic mass is 32.1. The molecule has 0 fully saturated rings. The quantitative estimate of drug-likeness (QED) is 0.613. The lowest BCUT2D eigenvalue weighted by atomic mass is 10.1. The molecule has 1 aromatic carbocycles. The van der Waals surface area contributed by atoms with Gasteiger partial charge >= 0.3 is 0 Å². The van der Waals surface area contributed by atoms with E-state index in [1.807, 2.05) is 60.0 Å². The van der Waals surface area contributed by atoms with E-state index in [-0.39, 0.29) is 5.91 Å². The summed E-state index contributed by atoms with van der Waals surface area (Å²) in [6.07, 6.45) is 4.23. The summed E-state index contributed by atoms with van der Waals surface area (Å²) < 4.78 is 1.97. The fourth-order valence-electron chi connectivity index (χ4n) is 2.56. The zero-order valence-electron chi connectivity index (χ0n) is 13.5. The van der Waals surface area contributed by atoms with Crippen molar-refractivity contribution in [2.24, 2.45) is 0 Å². The number of fused-ring (bicyclic) bond motifs is 1. The standard InChI is InChI=1S/C18H15N5OS/c1-12-19-11-15(25-12)18(24)20-14-7-5-13(6-8-14)10-17-22-21-16-4-2-3-9-23(16)17/h2-9,11H,10H2,1H3,(H,20,24). The fraction of sp³-hybridized carbons (Fsp3) is 0.111. The second kappa shape index (κ2) is 6.45. The molecule has 3 aromatic heterocycles. The third-order valence-corrected chi connectivity index (χ3v) is 4.71. The molecule has 0 aliphatic carbocycles. The maximum atomic E-state index is 12.2. The molecule has 3 heterocycles. The number of aromatic nitrogens is 4. The van der Waals surface area contributed by atoms with E-state index in [0.29, 0.717) is 11.3 Å². The zero-order valence-corrected chi connectivity index (χ0v) is 14.3. The van der Waals surface area contributed by atoms with E-state index in [2.05, 4.69) is 20.5 Å². The van der Waals surface area contributed by atoms with Crippen molar-refractivity contribution < 1.29 is 4.79 Å². The highest BCUT2D eigenvalue weighted by molar-refractivity contribution is 7.13. The number of carbonyl (C=O) groups excluding carboxylic acids is 1. The molecule has 0 atom stereocenters. The molecular formula is C18H15N5OS. The lowest BCUT2D eigenvalue weighted by Gasteiger charge is -2.05. The van der Waals surface area contributed by atoms with Crippen LogP contribution < -0.4 is 5.32 Å². The Morgan fingerprint density at radius 2 is 2.00 bits per heavy atom. The number of carbonyl (C=O) groups is 1. The average molecular weight is 349 g/mol. The topological polar surface area (TPSA) is 72.2 Å². The van der Waals surface area contributed by atoms with Gasteiger partial charge in [0.05, 0.1) is 11.2 Å². The molecule has 0 bridgehead atoms. The van der Waals surface area contributed by atoms with Crippen molar-refractivity contribution in [2.45, 2.75) is 13.3 Å². The first-order chi connectivity index (χ1) is 12.2. The minimum absolute atomic E-state index is 0.137. The molecule has 0 unspecified atom stereocenters. The van der Waals surface area contributed by atoms with E-state index in [4.69, 9.17) is 0 Å². The Bertz CT molecular complexity index is 1040. The Kier molecular flexibility index (Phi) is 3.99. The first-order valence-corrected chi connectivity index (χ1v) is 8.62. The molecule has 1 amide bonds. The van der Waals surface area contributed by atoms with E-state index in [0.717, 1.165) is 27.7 Å². The van der Waals surface area contributed by atoms with Gasteiger partial charge in [0, 0.05) is 18.3 Å². The third-order valence-electron chi connectivity index (χ3n) is 3.80. The molecule has 6 nitrogen and oxygen atoms in total. The summed E-state index contributed by atoms with van der Waals surface area (Å²) in [6.45, 7) is 1.88. The number of anilines is 1. The Morgan fingerprint density at radius 3 is 2.76 bits per heavy atom. The number of benzene rings is 1. The van der Waals surface area contributed by atoms with Gasteiger partial charge in [-0.3, -0.25) is 9.20 Å². The van der Waals surface area contributed by atoms with Crippen LogP contribution in [0.2, 0.25) is 0 Å². The Hall–Kier alpha value is -3.06. The van der Waals surface area contributed by atoms with Crippen molar-refractivity contribution in [3.8, 4) is 0 Å². The minimum Gasteiger partial charge on any atom is -0.321 e. The minimum atomic E-state index is -0.137. The molecule has 0 saturated carbocycles. The number of rotatable bonds is 4. The molecule has 0 saturated heterocycles. The Morgan fingerprint density at radius 1 is 1.16 bits per heavy atom. The van der Waals surface area contributed by atoms with Crippen LogP contribution in [0.4, 0.5) is 5.69 Å². The third kappa shape index (κ3) is 3.27. The second-order valence-electron chi connectivity index (χ2n) is 5.62. The van der Waals surface area contributed by atoms with Crippen LogP contribution in [0.1, 0.15) is 26.1 Å². The van der Waals surface area contributed by atoms with Gasteiger partial charge in [0.1, 0.15) is 10.7 Å². The maximum absolute atomic E-state index is 12.2. The van der Waals surface area contributed by atoms with Crippen LogP contribution in [0.25, 0.3) is 5.65 Å². The highest BCUT2D eigenvalue weighted by Crippen LogP contribution is 2.17. The van der Waals surface area contributed by atoms with Crippen LogP contribution in [-0.4, -0.2) is 25.5 Å². The van der Waals surface area contributed by atoms with Crippen molar-refractivity contribution >= 4 is 28.6 Å². The Balaban J connectivity index is 1.47. The fourth-order valence-corrected chi connectivity index (χ4v) is 3.23. The summed E-state index contributed by atoms with van der Waals surface area (Å²) in [6, 6.07) is 13.6. The van der Waals surface area contributed by atoms with Crippen LogP contribution in [0, 0.1) is 6.92 Å². The molecular weight excluding hydrogens is 334 g/mol. The molecule has 1 N–H and O–H groups in total. The summed E-state index contributed by atoms with van der Waals surface area (Å²) in [7, 11) is 0. The SMILES string of the molecule is Cc1ncc(C(=O)Nc2ccc(Cc3nnc4ccccn34)cc2)s1. The maximum Gasteiger partial charge on any atom is 0.267 e. The van der Waals surface area contributed by atoms with Crippen molar-refractivity contribution in [1.29, 1.82) is 0 Å². The summed E-state index contributed by atoms with van der Waals surface area (Å²) in [5.41, 5.74) is 2.69. The van der Waals surface area contributed by atoms with Crippen LogP contribution in [-0.2, 0) is 6.42 Å². The van der Waals surface area contributed by atoms with Crippen LogP contribution in [0.3, 0.4) is 0 Å². The number of thiazole rings is 1. The summed E-state index contributed by atoms with van der Waals surface area (Å²) in [5.74, 6) is 0.745. The van der Waals surface area contributed by atoms with Gasteiger partial charge in [-0.15, -0.1) is 21.5 Å². The molecule has 124 valence electrons. The van der Waals surface area contributed by atoms with Crippen LogP contribution in [0.15, 0.2) is 54.9 Å². The van der Waals surface area contributed by atoms with Gasteiger partial charge in [-0.25, -0.2) is 4.98 Å². The number of hydrogen-bond donors (Lipinski definition) is 1. The van der Waals surface area contributed by atoms with E-state index in [1.54, 1.807) is 6.20 Å². The Labute approximate surface area is 148 Å². The lowest BCUT2D eigenvalue weighted by Crippen LogP contribution is -2.10. The van der Waals surface area contributed by atoms with E-state index < -0.39 is 0 Å². The van der Waals surface area contributed by atoms with Gasteiger partial charge in [0.25, 0.3) is 5.91 Å². The first-order valence-electron chi connectivity index (χ1n) is 7.80. The second-order valence-corrected chi connectivity index (χ2v) is 6.85. The predicted molar refractivity (Wildman–Crippen MR) is 97.0 cm³/mol. The number of nitrogens with one attached hydrogen (secondary N) is 1. The van der Waals surface area contributed by atoms with E-state index in [1.165, 1.54) is 11.3 Å². The number of aryl methyl sites for hydroxylation is 1. The first kappa shape index (κ1) is 15.5. The molecule has 7 heteroatoms. The largest absolute Gasteiger partial charge is 0.321 e. The van der Waals surface area contributed by atoms with E-state index in [9.17, 15) is 4.79 Å². The van der Waals surface area contributed by atoms with Gasteiger partial charge in [-0.1, -0.05) is 18.2 Å². The normalized spacial score (nSPS) is 10.9. The van der Waals surface area contributed by atoms with Gasteiger partial charge in [0.2, 0.25) is 0 Å². The zero-order chi connectivity index (χ0) is 17.2. The monoisotopic (exact) mass is 349 g/mol. The highest BCUT2D eigenvalue weighted by Gasteiger charge is 2.10. The molecule has 0 spiro atoms. The lowest BCUT2D eigenvalue weighted by molar-refractivity contribution is 0.103. The number of pyridine rings is 1. The van der Waals surface area contributed by atoms with Crippen LogP contribution in [0.5, 0.6) is 0 Å². The van der Waals surface area contributed by atoms with Gasteiger partial charge in [0.15, 0.2) is 5.65 Å². The summed E-state index contributed by atoms with van der Waals surface area (Å²) in [4.78, 5) is 16.9. The van der Waals surface area contributed by atoms with Crippen LogP contribution >= 0.6 is 11.3 Å². The molecule has 25 heavy (non-hydrogen) atoms.